The fourth-order valence-electron chi connectivity index (χ4n) is 5.07. The van der Waals surface area contributed by atoms with Crippen LogP contribution < -0.4 is 9.64 Å². The number of rotatable bonds is 10. The number of thioether (sulfide) groups is 1. The van der Waals surface area contributed by atoms with Crippen LogP contribution in [0.4, 0.5) is 10.8 Å². The molecule has 0 saturated carbocycles. The Morgan fingerprint density at radius 3 is 2.47 bits per heavy atom. The fraction of sp³-hybridized carbons (Fsp3) is 0.118. The standard InChI is InChI=1S/C34H25ClN4O6S2/c1-20-4-2-5-22(16-20)18-45-27-14-10-23(11-15-27)30(40)28-29(24-6-3-7-26(17-24)39(43)44)38(32(42)31(28)41)33-36-37-34(47-33)46-19-21-8-12-25(35)13-9-21/h2-17,29,40H,18-19H2,1H3. The molecule has 1 aliphatic heterocycles. The molecule has 10 nitrogen and oxygen atoms in total. The molecule has 236 valence electrons. The maximum atomic E-state index is 13.6. The second-order valence-electron chi connectivity index (χ2n) is 10.6. The van der Waals surface area contributed by atoms with E-state index >= 15 is 0 Å². The molecule has 2 heterocycles. The van der Waals surface area contributed by atoms with Crippen molar-refractivity contribution >= 4 is 63.0 Å². The Morgan fingerprint density at radius 1 is 1.00 bits per heavy atom. The predicted molar refractivity (Wildman–Crippen MR) is 181 cm³/mol. The number of aromatic nitrogens is 2. The molecule has 1 aromatic heterocycles. The number of carbonyl (C=O) groups excluding carboxylic acids is 2. The van der Waals surface area contributed by atoms with Gasteiger partial charge < -0.3 is 9.84 Å². The van der Waals surface area contributed by atoms with Crippen LogP contribution in [0, 0.1) is 17.0 Å². The summed E-state index contributed by atoms with van der Waals surface area (Å²) in [6, 6.07) is 26.1. The Labute approximate surface area is 282 Å². The number of benzene rings is 4. The normalized spacial score (nSPS) is 15.6. The average Bonchev–Trinajstić information content (AvgIpc) is 3.65. The number of carbonyl (C=O) groups is 2. The number of nitro groups is 1. The Morgan fingerprint density at radius 2 is 1.74 bits per heavy atom. The molecular weight excluding hydrogens is 660 g/mol. The lowest BCUT2D eigenvalue weighted by Crippen LogP contribution is -2.29. The number of hydrogen-bond acceptors (Lipinski definition) is 10. The van der Waals surface area contributed by atoms with Crippen LogP contribution in [-0.2, 0) is 21.9 Å². The number of halogens is 1. The third-order valence-corrected chi connectivity index (χ3v) is 9.71. The van der Waals surface area contributed by atoms with Crippen molar-refractivity contribution in [2.75, 3.05) is 4.90 Å². The number of Topliss-reactive ketones (excluding diaryl/α,β-unsaturated/α-hetero) is 1. The fourth-order valence-corrected chi connectivity index (χ4v) is 7.02. The van der Waals surface area contributed by atoms with Crippen molar-refractivity contribution < 1.29 is 24.4 Å². The lowest BCUT2D eigenvalue weighted by Gasteiger charge is -2.22. The summed E-state index contributed by atoms with van der Waals surface area (Å²) in [5, 5.41) is 32.3. The molecule has 13 heteroatoms. The van der Waals surface area contributed by atoms with Crippen molar-refractivity contribution in [2.45, 2.75) is 29.7 Å². The van der Waals surface area contributed by atoms with E-state index in [1.54, 1.807) is 42.5 Å². The Balaban J connectivity index is 1.32. The van der Waals surface area contributed by atoms with E-state index in [1.165, 1.54) is 30.0 Å². The SMILES string of the molecule is Cc1cccc(COc2ccc(C(O)=C3C(=O)C(=O)N(c4nnc(SCc5ccc(Cl)cc5)s4)C3c3cccc([N+](=O)[O-])c3)cc2)c1. The van der Waals surface area contributed by atoms with Crippen LogP contribution in [-0.4, -0.2) is 31.9 Å². The number of nitro benzene ring substituents is 1. The van der Waals surface area contributed by atoms with Crippen molar-refractivity contribution in [2.24, 2.45) is 0 Å². The molecule has 0 radical (unpaired) electrons. The molecule has 1 saturated heterocycles. The molecule has 0 aliphatic carbocycles. The molecule has 6 rings (SSSR count). The molecule has 1 N–H and O–H groups in total. The number of aliphatic hydroxyl groups is 1. The van der Waals surface area contributed by atoms with E-state index in [-0.39, 0.29) is 27.5 Å². The Kier molecular flexibility index (Phi) is 9.34. The minimum absolute atomic E-state index is 0.112. The molecule has 5 aromatic rings. The number of aliphatic hydroxyl groups excluding tert-OH is 1. The molecule has 47 heavy (non-hydrogen) atoms. The van der Waals surface area contributed by atoms with E-state index in [9.17, 15) is 24.8 Å². The number of anilines is 1. The van der Waals surface area contributed by atoms with Gasteiger partial charge in [-0.25, -0.2) is 0 Å². The number of aryl methyl sites for hydroxylation is 1. The summed E-state index contributed by atoms with van der Waals surface area (Å²) in [7, 11) is 0. The van der Waals surface area contributed by atoms with Crippen molar-refractivity contribution in [3.05, 3.63) is 146 Å². The zero-order chi connectivity index (χ0) is 33.1. The van der Waals surface area contributed by atoms with Gasteiger partial charge in [-0.1, -0.05) is 88.8 Å². The highest BCUT2D eigenvalue weighted by Gasteiger charge is 2.48. The lowest BCUT2D eigenvalue weighted by molar-refractivity contribution is -0.384. The topological polar surface area (TPSA) is 136 Å². The summed E-state index contributed by atoms with van der Waals surface area (Å²) in [6.07, 6.45) is 0. The van der Waals surface area contributed by atoms with Crippen LogP contribution in [0.25, 0.3) is 5.76 Å². The largest absolute Gasteiger partial charge is 0.507 e. The second kappa shape index (κ2) is 13.8. The maximum absolute atomic E-state index is 13.6. The summed E-state index contributed by atoms with van der Waals surface area (Å²) in [5.74, 6) is -1.23. The molecule has 1 amide bonds. The number of amides is 1. The summed E-state index contributed by atoms with van der Waals surface area (Å²) in [5.41, 5.74) is 3.16. The van der Waals surface area contributed by atoms with Crippen LogP contribution in [0.1, 0.15) is 33.9 Å². The molecule has 1 unspecified atom stereocenters. The van der Waals surface area contributed by atoms with E-state index in [2.05, 4.69) is 10.2 Å². The number of hydrogen-bond donors (Lipinski definition) is 1. The lowest BCUT2D eigenvalue weighted by atomic mass is 9.95. The van der Waals surface area contributed by atoms with E-state index in [4.69, 9.17) is 16.3 Å². The van der Waals surface area contributed by atoms with Crippen LogP contribution in [0.5, 0.6) is 5.75 Å². The number of ketones is 1. The first-order chi connectivity index (χ1) is 22.7. The molecule has 1 atom stereocenters. The van der Waals surface area contributed by atoms with Crippen molar-refractivity contribution in [1.29, 1.82) is 0 Å². The van der Waals surface area contributed by atoms with Gasteiger partial charge in [0.25, 0.3) is 11.5 Å². The van der Waals surface area contributed by atoms with Crippen LogP contribution in [0.3, 0.4) is 0 Å². The zero-order valence-electron chi connectivity index (χ0n) is 24.7. The van der Waals surface area contributed by atoms with Gasteiger partial charge in [-0.15, -0.1) is 10.2 Å². The van der Waals surface area contributed by atoms with Gasteiger partial charge in [0.15, 0.2) is 4.34 Å². The molecule has 4 aromatic carbocycles. The van der Waals surface area contributed by atoms with E-state index < -0.39 is 28.4 Å². The number of nitrogens with zero attached hydrogens (tertiary/aromatic N) is 4. The van der Waals surface area contributed by atoms with Crippen LogP contribution in [0.15, 0.2) is 107 Å². The van der Waals surface area contributed by atoms with Crippen molar-refractivity contribution in [3.63, 3.8) is 0 Å². The van der Waals surface area contributed by atoms with Gasteiger partial charge in [0.2, 0.25) is 5.13 Å². The Bertz CT molecular complexity index is 2010. The van der Waals surface area contributed by atoms with Crippen molar-refractivity contribution in [1.82, 2.24) is 10.2 Å². The average molecular weight is 685 g/mol. The first-order valence-corrected chi connectivity index (χ1v) is 16.4. The smallest absolute Gasteiger partial charge is 0.301 e. The second-order valence-corrected chi connectivity index (χ2v) is 13.2. The van der Waals surface area contributed by atoms with E-state index in [0.29, 0.717) is 27.5 Å². The third kappa shape index (κ3) is 7.04. The van der Waals surface area contributed by atoms with Crippen LogP contribution >= 0.6 is 34.7 Å². The Hall–Kier alpha value is -5.04. The first-order valence-electron chi connectivity index (χ1n) is 14.2. The summed E-state index contributed by atoms with van der Waals surface area (Å²) in [6.45, 7) is 2.34. The van der Waals surface area contributed by atoms with Gasteiger partial charge in [0.1, 0.15) is 18.1 Å². The highest BCUT2D eigenvalue weighted by Crippen LogP contribution is 2.44. The summed E-state index contributed by atoms with van der Waals surface area (Å²) >= 11 is 8.47. The van der Waals surface area contributed by atoms with Gasteiger partial charge in [-0.3, -0.25) is 24.6 Å². The van der Waals surface area contributed by atoms with E-state index in [1.807, 2.05) is 43.3 Å². The monoisotopic (exact) mass is 684 g/mol. The van der Waals surface area contributed by atoms with Gasteiger partial charge in [0.05, 0.1) is 16.5 Å². The molecule has 0 spiro atoms. The molecular formula is C34H25ClN4O6S2. The van der Waals surface area contributed by atoms with Gasteiger partial charge in [-0.05, 0) is 60.0 Å². The third-order valence-electron chi connectivity index (χ3n) is 7.33. The van der Waals surface area contributed by atoms with Crippen molar-refractivity contribution in [3.8, 4) is 5.75 Å². The highest BCUT2D eigenvalue weighted by atomic mass is 35.5. The summed E-state index contributed by atoms with van der Waals surface area (Å²) in [4.78, 5) is 39.4. The number of ether oxygens (including phenoxy) is 1. The van der Waals surface area contributed by atoms with Gasteiger partial charge >= 0.3 is 5.91 Å². The minimum Gasteiger partial charge on any atom is -0.507 e. The van der Waals surface area contributed by atoms with E-state index in [0.717, 1.165) is 32.9 Å². The molecule has 1 fully saturated rings. The van der Waals surface area contributed by atoms with Gasteiger partial charge in [0, 0.05) is 28.5 Å². The predicted octanol–water partition coefficient (Wildman–Crippen LogP) is 7.91. The van der Waals surface area contributed by atoms with Gasteiger partial charge in [-0.2, -0.15) is 0 Å². The minimum atomic E-state index is -1.20. The number of non-ortho nitro benzene ring substituents is 1. The maximum Gasteiger partial charge on any atom is 0.301 e. The van der Waals surface area contributed by atoms with Crippen LogP contribution in [0.2, 0.25) is 5.02 Å². The first kappa shape index (κ1) is 31.9. The molecule has 0 bridgehead atoms. The molecule has 1 aliphatic rings. The highest BCUT2D eigenvalue weighted by molar-refractivity contribution is 8.00. The quantitative estimate of drug-likeness (QED) is 0.0296. The summed E-state index contributed by atoms with van der Waals surface area (Å²) < 4.78 is 6.43. The zero-order valence-corrected chi connectivity index (χ0v) is 27.1.